The largest absolute Gasteiger partial charge is 0.492 e. The van der Waals surface area contributed by atoms with E-state index in [9.17, 15) is 13.2 Å². The first-order valence-electron chi connectivity index (χ1n) is 8.26. The smallest absolute Gasteiger partial charge is 0.265 e. The Morgan fingerprint density at radius 3 is 2.54 bits per heavy atom. The van der Waals surface area contributed by atoms with Crippen LogP contribution in [0.2, 0.25) is 0 Å². The van der Waals surface area contributed by atoms with E-state index in [0.29, 0.717) is 35.5 Å². The van der Waals surface area contributed by atoms with Crippen molar-refractivity contribution in [2.75, 3.05) is 22.8 Å². The number of carbonyl (C=O) groups is 1. The first-order valence-corrected chi connectivity index (χ1v) is 10.5. The van der Waals surface area contributed by atoms with E-state index in [1.54, 1.807) is 48.2 Å². The van der Waals surface area contributed by atoms with Crippen molar-refractivity contribution in [1.82, 2.24) is 0 Å². The number of rotatable bonds is 6. The predicted octanol–water partition coefficient (Wildman–Crippen LogP) is 3.78. The summed E-state index contributed by atoms with van der Waals surface area (Å²) in [5, 5.41) is 0. The van der Waals surface area contributed by atoms with E-state index in [4.69, 9.17) is 4.74 Å². The highest BCUT2D eigenvalue weighted by atomic mass is 79.9. The molecule has 2 aromatic carbocycles. The Morgan fingerprint density at radius 2 is 1.92 bits per heavy atom. The molecule has 3 rings (SSSR count). The van der Waals surface area contributed by atoms with Crippen molar-refractivity contribution in [2.45, 2.75) is 24.7 Å². The van der Waals surface area contributed by atoms with Gasteiger partial charge in [0.1, 0.15) is 10.6 Å². The maximum Gasteiger partial charge on any atom is 0.265 e. The van der Waals surface area contributed by atoms with Crippen LogP contribution in [-0.4, -0.2) is 27.5 Å². The van der Waals surface area contributed by atoms with Gasteiger partial charge >= 0.3 is 0 Å². The Hall–Kier alpha value is -2.06. The summed E-state index contributed by atoms with van der Waals surface area (Å²) < 4.78 is 34.2. The Morgan fingerprint density at radius 1 is 1.19 bits per heavy atom. The van der Waals surface area contributed by atoms with E-state index in [0.717, 1.165) is 12.1 Å². The third-order valence-electron chi connectivity index (χ3n) is 4.00. The van der Waals surface area contributed by atoms with Crippen LogP contribution >= 0.6 is 15.9 Å². The number of sulfonamides is 1. The van der Waals surface area contributed by atoms with Crippen molar-refractivity contribution in [2.24, 2.45) is 0 Å². The molecule has 138 valence electrons. The average Bonchev–Trinajstić information content (AvgIpc) is 3.03. The molecule has 0 aromatic heterocycles. The summed E-state index contributed by atoms with van der Waals surface area (Å²) in [7, 11) is -3.82. The maximum absolute atomic E-state index is 12.8. The molecule has 1 aliphatic rings. The van der Waals surface area contributed by atoms with Gasteiger partial charge in [-0.15, -0.1) is 0 Å². The highest BCUT2D eigenvalue weighted by Crippen LogP contribution is 2.30. The van der Waals surface area contributed by atoms with Crippen LogP contribution in [0.5, 0.6) is 5.75 Å². The molecule has 1 N–H and O–H groups in total. The van der Waals surface area contributed by atoms with Gasteiger partial charge in [-0.2, -0.15) is 0 Å². The summed E-state index contributed by atoms with van der Waals surface area (Å²) in [4.78, 5) is 13.6. The topological polar surface area (TPSA) is 75.7 Å². The molecular formula is C18H19BrN2O4S. The lowest BCUT2D eigenvalue weighted by atomic mass is 10.2. The van der Waals surface area contributed by atoms with Crippen molar-refractivity contribution in [3.8, 4) is 5.75 Å². The number of amides is 1. The summed E-state index contributed by atoms with van der Waals surface area (Å²) in [5.41, 5.74) is 1.19. The molecule has 8 heteroatoms. The molecular weight excluding hydrogens is 420 g/mol. The predicted molar refractivity (Wildman–Crippen MR) is 104 cm³/mol. The van der Waals surface area contributed by atoms with Crippen LogP contribution in [0, 0.1) is 0 Å². The lowest BCUT2D eigenvalue weighted by molar-refractivity contribution is -0.117. The van der Waals surface area contributed by atoms with Crippen LogP contribution in [0.3, 0.4) is 0 Å². The van der Waals surface area contributed by atoms with Crippen LogP contribution in [0.25, 0.3) is 0 Å². The fourth-order valence-electron chi connectivity index (χ4n) is 2.81. The fraction of sp³-hybridized carbons (Fsp3) is 0.278. The maximum atomic E-state index is 12.8. The van der Waals surface area contributed by atoms with Crippen molar-refractivity contribution < 1.29 is 17.9 Å². The number of benzene rings is 2. The zero-order valence-corrected chi connectivity index (χ0v) is 16.6. The van der Waals surface area contributed by atoms with Gasteiger partial charge in [0.25, 0.3) is 10.0 Å². The number of nitrogens with zero attached hydrogens (tertiary/aromatic N) is 1. The van der Waals surface area contributed by atoms with Gasteiger partial charge in [0.2, 0.25) is 5.91 Å². The molecule has 2 aromatic rings. The minimum absolute atomic E-state index is 0.0625. The number of hydrogen-bond acceptors (Lipinski definition) is 4. The van der Waals surface area contributed by atoms with Crippen LogP contribution in [0.1, 0.15) is 19.8 Å². The SMILES string of the molecule is CCOc1ccc(Br)cc1S(=O)(=O)Nc1ccc(N2CCCC2=O)cc1. The summed E-state index contributed by atoms with van der Waals surface area (Å²) in [6.45, 7) is 2.85. The lowest BCUT2D eigenvalue weighted by Crippen LogP contribution is -2.23. The van der Waals surface area contributed by atoms with Gasteiger partial charge in [0.05, 0.1) is 6.61 Å². The zero-order chi connectivity index (χ0) is 18.7. The average molecular weight is 439 g/mol. The highest BCUT2D eigenvalue weighted by Gasteiger charge is 2.23. The second kappa shape index (κ2) is 7.67. The number of halogens is 1. The van der Waals surface area contributed by atoms with E-state index in [1.807, 2.05) is 0 Å². The molecule has 0 aliphatic carbocycles. The summed E-state index contributed by atoms with van der Waals surface area (Å²) in [6.07, 6.45) is 1.40. The number of nitrogens with one attached hydrogen (secondary N) is 1. The Labute approximate surface area is 161 Å². The Kier molecular flexibility index (Phi) is 5.52. The molecule has 26 heavy (non-hydrogen) atoms. The highest BCUT2D eigenvalue weighted by molar-refractivity contribution is 9.10. The molecule has 6 nitrogen and oxygen atoms in total. The second-order valence-electron chi connectivity index (χ2n) is 5.83. The minimum Gasteiger partial charge on any atom is -0.492 e. The molecule has 0 atom stereocenters. The normalized spacial score (nSPS) is 14.5. The van der Waals surface area contributed by atoms with Crippen molar-refractivity contribution in [1.29, 1.82) is 0 Å². The lowest BCUT2D eigenvalue weighted by Gasteiger charge is -2.17. The molecule has 0 radical (unpaired) electrons. The number of anilines is 2. The van der Waals surface area contributed by atoms with E-state index < -0.39 is 10.0 Å². The second-order valence-corrected chi connectivity index (χ2v) is 8.39. The Bertz CT molecular complexity index is 913. The molecule has 0 bridgehead atoms. The van der Waals surface area contributed by atoms with Gasteiger partial charge in [0, 0.05) is 28.8 Å². The third-order valence-corrected chi connectivity index (χ3v) is 5.90. The first kappa shape index (κ1) is 18.7. The van der Waals surface area contributed by atoms with Crippen molar-refractivity contribution in [3.05, 3.63) is 46.9 Å². The number of ether oxygens (including phenoxy) is 1. The van der Waals surface area contributed by atoms with Crippen LogP contribution in [0.15, 0.2) is 51.8 Å². The minimum atomic E-state index is -3.82. The van der Waals surface area contributed by atoms with Gasteiger partial charge in [-0.05, 0) is 55.8 Å². The molecule has 1 saturated heterocycles. The van der Waals surface area contributed by atoms with E-state index in [-0.39, 0.29) is 10.8 Å². The number of hydrogen-bond donors (Lipinski definition) is 1. The summed E-state index contributed by atoms with van der Waals surface area (Å²) in [6, 6.07) is 11.6. The van der Waals surface area contributed by atoms with Crippen LogP contribution in [0.4, 0.5) is 11.4 Å². The van der Waals surface area contributed by atoms with Crippen LogP contribution < -0.4 is 14.4 Å². The standard InChI is InChI=1S/C18H19BrN2O4S/c1-2-25-16-10-5-13(19)12-17(16)26(23,24)20-14-6-8-15(9-7-14)21-11-3-4-18(21)22/h5-10,12,20H,2-4,11H2,1H3. The zero-order valence-electron chi connectivity index (χ0n) is 14.2. The monoisotopic (exact) mass is 438 g/mol. The molecule has 0 saturated carbocycles. The Balaban J connectivity index is 1.84. The van der Waals surface area contributed by atoms with E-state index in [1.165, 1.54) is 6.07 Å². The summed E-state index contributed by atoms with van der Waals surface area (Å²) >= 11 is 3.29. The van der Waals surface area contributed by atoms with Gasteiger partial charge in [-0.25, -0.2) is 8.42 Å². The molecule has 0 spiro atoms. The molecule has 1 fully saturated rings. The van der Waals surface area contributed by atoms with Crippen molar-refractivity contribution >= 4 is 43.2 Å². The van der Waals surface area contributed by atoms with Crippen molar-refractivity contribution in [3.63, 3.8) is 0 Å². The third kappa shape index (κ3) is 4.02. The fourth-order valence-corrected chi connectivity index (χ4v) is 4.55. The molecule has 1 heterocycles. The number of carbonyl (C=O) groups excluding carboxylic acids is 1. The quantitative estimate of drug-likeness (QED) is 0.744. The molecule has 0 unspecified atom stereocenters. The summed E-state index contributed by atoms with van der Waals surface area (Å²) in [5.74, 6) is 0.385. The van der Waals surface area contributed by atoms with Gasteiger partial charge in [-0.1, -0.05) is 15.9 Å². The van der Waals surface area contributed by atoms with Gasteiger partial charge in [0.15, 0.2) is 0 Å². The van der Waals surface area contributed by atoms with Crippen LogP contribution in [-0.2, 0) is 14.8 Å². The van der Waals surface area contributed by atoms with Gasteiger partial charge < -0.3 is 9.64 Å². The molecule has 1 amide bonds. The first-order chi connectivity index (χ1) is 12.4. The van der Waals surface area contributed by atoms with Gasteiger partial charge in [-0.3, -0.25) is 9.52 Å². The van der Waals surface area contributed by atoms with E-state index in [2.05, 4.69) is 20.7 Å². The van der Waals surface area contributed by atoms with E-state index >= 15 is 0 Å². The molecule has 1 aliphatic heterocycles.